The van der Waals surface area contributed by atoms with Crippen LogP contribution in [0.3, 0.4) is 0 Å². The SMILES string of the molecule is COc1ccccc1C(=O)C1CCC(C(=O)O)CC1. The summed E-state index contributed by atoms with van der Waals surface area (Å²) < 4.78 is 5.20. The van der Waals surface area contributed by atoms with E-state index in [1.807, 2.05) is 12.1 Å². The van der Waals surface area contributed by atoms with Gasteiger partial charge < -0.3 is 9.84 Å². The molecular formula is C15H18O4. The minimum Gasteiger partial charge on any atom is -0.496 e. The summed E-state index contributed by atoms with van der Waals surface area (Å²) in [4.78, 5) is 23.3. The molecule has 0 atom stereocenters. The van der Waals surface area contributed by atoms with Crippen molar-refractivity contribution >= 4 is 11.8 Å². The summed E-state index contributed by atoms with van der Waals surface area (Å²) in [6, 6.07) is 7.19. The summed E-state index contributed by atoms with van der Waals surface area (Å²) in [6.45, 7) is 0. The molecule has 0 amide bonds. The molecule has 1 aliphatic rings. The van der Waals surface area contributed by atoms with Crippen molar-refractivity contribution in [2.45, 2.75) is 25.7 Å². The fraction of sp³-hybridized carbons (Fsp3) is 0.467. The highest BCUT2D eigenvalue weighted by Gasteiger charge is 2.31. The lowest BCUT2D eigenvalue weighted by Gasteiger charge is -2.25. The molecule has 1 aromatic carbocycles. The normalized spacial score (nSPS) is 22.8. The molecule has 0 heterocycles. The van der Waals surface area contributed by atoms with Crippen molar-refractivity contribution in [3.63, 3.8) is 0 Å². The Balaban J connectivity index is 2.07. The summed E-state index contributed by atoms with van der Waals surface area (Å²) in [6.07, 6.45) is 2.46. The van der Waals surface area contributed by atoms with Crippen molar-refractivity contribution in [3.05, 3.63) is 29.8 Å². The third kappa shape index (κ3) is 2.95. The van der Waals surface area contributed by atoms with Gasteiger partial charge in [-0.25, -0.2) is 0 Å². The van der Waals surface area contributed by atoms with E-state index in [1.54, 1.807) is 19.2 Å². The second-order valence-corrected chi connectivity index (χ2v) is 4.95. The fourth-order valence-electron chi connectivity index (χ4n) is 2.67. The third-order valence-corrected chi connectivity index (χ3v) is 3.82. The Labute approximate surface area is 112 Å². The van der Waals surface area contributed by atoms with E-state index in [0.717, 1.165) is 0 Å². The molecule has 0 radical (unpaired) electrons. The Morgan fingerprint density at radius 2 is 1.68 bits per heavy atom. The zero-order chi connectivity index (χ0) is 13.8. The number of Topliss-reactive ketones (excluding diaryl/α,β-unsaturated/α-hetero) is 1. The van der Waals surface area contributed by atoms with Gasteiger partial charge in [-0.05, 0) is 37.8 Å². The number of ether oxygens (including phenoxy) is 1. The second-order valence-electron chi connectivity index (χ2n) is 4.95. The molecular weight excluding hydrogens is 244 g/mol. The third-order valence-electron chi connectivity index (χ3n) is 3.82. The van der Waals surface area contributed by atoms with Gasteiger partial charge in [0.2, 0.25) is 0 Å². The molecule has 1 N–H and O–H groups in total. The Bertz CT molecular complexity index is 473. The largest absolute Gasteiger partial charge is 0.496 e. The zero-order valence-corrected chi connectivity index (χ0v) is 11.0. The monoisotopic (exact) mass is 262 g/mol. The van der Waals surface area contributed by atoms with Gasteiger partial charge in [0, 0.05) is 5.92 Å². The smallest absolute Gasteiger partial charge is 0.306 e. The number of carboxylic acid groups (broad SMARTS) is 1. The Hall–Kier alpha value is -1.84. The van der Waals surface area contributed by atoms with E-state index in [0.29, 0.717) is 37.0 Å². The van der Waals surface area contributed by atoms with E-state index >= 15 is 0 Å². The molecule has 1 aliphatic carbocycles. The number of hydrogen-bond donors (Lipinski definition) is 1. The minimum absolute atomic E-state index is 0.0706. The minimum atomic E-state index is -0.747. The van der Waals surface area contributed by atoms with Gasteiger partial charge in [-0.3, -0.25) is 9.59 Å². The number of rotatable bonds is 4. The summed E-state index contributed by atoms with van der Waals surface area (Å²) in [5, 5.41) is 8.96. The van der Waals surface area contributed by atoms with Crippen LogP contribution in [0.4, 0.5) is 0 Å². The maximum atomic E-state index is 12.4. The second kappa shape index (κ2) is 5.87. The van der Waals surface area contributed by atoms with Crippen molar-refractivity contribution in [2.24, 2.45) is 11.8 Å². The van der Waals surface area contributed by atoms with Crippen LogP contribution in [0, 0.1) is 11.8 Å². The predicted octanol–water partition coefficient (Wildman–Crippen LogP) is 2.77. The van der Waals surface area contributed by atoms with Crippen molar-refractivity contribution in [3.8, 4) is 5.75 Å². The number of para-hydroxylation sites is 1. The Kier molecular flexibility index (Phi) is 4.20. The first kappa shape index (κ1) is 13.6. The topological polar surface area (TPSA) is 63.6 Å². The standard InChI is InChI=1S/C15H18O4/c1-19-13-5-3-2-4-12(13)14(16)10-6-8-11(9-7-10)15(17)18/h2-5,10-11H,6-9H2,1H3,(H,17,18). The van der Waals surface area contributed by atoms with Gasteiger partial charge in [-0.15, -0.1) is 0 Å². The van der Waals surface area contributed by atoms with E-state index < -0.39 is 5.97 Å². The van der Waals surface area contributed by atoms with Crippen LogP contribution in [0.1, 0.15) is 36.0 Å². The maximum absolute atomic E-state index is 12.4. The number of carbonyl (C=O) groups is 2. The molecule has 19 heavy (non-hydrogen) atoms. The molecule has 102 valence electrons. The van der Waals surface area contributed by atoms with Gasteiger partial charge in [0.1, 0.15) is 5.75 Å². The van der Waals surface area contributed by atoms with Crippen molar-refractivity contribution < 1.29 is 19.4 Å². The quantitative estimate of drug-likeness (QED) is 0.847. The Morgan fingerprint density at radius 3 is 2.26 bits per heavy atom. The van der Waals surface area contributed by atoms with Crippen LogP contribution in [0.2, 0.25) is 0 Å². The fourth-order valence-corrected chi connectivity index (χ4v) is 2.67. The van der Waals surface area contributed by atoms with Gasteiger partial charge in [0.25, 0.3) is 0 Å². The highest BCUT2D eigenvalue weighted by molar-refractivity contribution is 6.00. The molecule has 0 bridgehead atoms. The van der Waals surface area contributed by atoms with Crippen LogP contribution in [0.25, 0.3) is 0 Å². The lowest BCUT2D eigenvalue weighted by Crippen LogP contribution is -2.26. The first-order valence-corrected chi connectivity index (χ1v) is 6.53. The van der Waals surface area contributed by atoms with E-state index in [2.05, 4.69) is 0 Å². The van der Waals surface area contributed by atoms with Crippen LogP contribution in [-0.4, -0.2) is 24.0 Å². The van der Waals surface area contributed by atoms with E-state index in [1.165, 1.54) is 0 Å². The molecule has 2 rings (SSSR count). The highest BCUT2D eigenvalue weighted by Crippen LogP contribution is 2.33. The molecule has 1 saturated carbocycles. The number of aliphatic carboxylic acids is 1. The van der Waals surface area contributed by atoms with Crippen molar-refractivity contribution in [1.29, 1.82) is 0 Å². The molecule has 0 aromatic heterocycles. The average Bonchev–Trinajstić information content (AvgIpc) is 2.46. The van der Waals surface area contributed by atoms with E-state index in [9.17, 15) is 9.59 Å². The van der Waals surface area contributed by atoms with Gasteiger partial charge in [0.15, 0.2) is 5.78 Å². The number of benzene rings is 1. The zero-order valence-electron chi connectivity index (χ0n) is 11.0. The lowest BCUT2D eigenvalue weighted by atomic mass is 9.78. The number of carbonyl (C=O) groups excluding carboxylic acids is 1. The molecule has 1 fully saturated rings. The van der Waals surface area contributed by atoms with Crippen LogP contribution in [0.5, 0.6) is 5.75 Å². The number of carboxylic acids is 1. The lowest BCUT2D eigenvalue weighted by molar-refractivity contribution is -0.143. The van der Waals surface area contributed by atoms with Crippen LogP contribution >= 0.6 is 0 Å². The van der Waals surface area contributed by atoms with Gasteiger partial charge in [0.05, 0.1) is 18.6 Å². The first-order valence-electron chi connectivity index (χ1n) is 6.53. The summed E-state index contributed by atoms with van der Waals surface area (Å²) >= 11 is 0. The molecule has 0 aliphatic heterocycles. The van der Waals surface area contributed by atoms with E-state index in [-0.39, 0.29) is 17.6 Å². The van der Waals surface area contributed by atoms with Crippen LogP contribution in [0.15, 0.2) is 24.3 Å². The molecule has 0 unspecified atom stereocenters. The highest BCUT2D eigenvalue weighted by atomic mass is 16.5. The Morgan fingerprint density at radius 1 is 1.11 bits per heavy atom. The number of hydrogen-bond acceptors (Lipinski definition) is 3. The van der Waals surface area contributed by atoms with E-state index in [4.69, 9.17) is 9.84 Å². The molecule has 0 spiro atoms. The number of ketones is 1. The maximum Gasteiger partial charge on any atom is 0.306 e. The number of methoxy groups -OCH3 is 1. The summed E-state index contributed by atoms with van der Waals surface area (Å²) in [7, 11) is 1.55. The van der Waals surface area contributed by atoms with Crippen LogP contribution < -0.4 is 4.74 Å². The molecule has 1 aromatic rings. The first-order chi connectivity index (χ1) is 9.13. The van der Waals surface area contributed by atoms with Crippen LogP contribution in [-0.2, 0) is 4.79 Å². The summed E-state index contributed by atoms with van der Waals surface area (Å²) in [5.41, 5.74) is 0.601. The molecule has 0 saturated heterocycles. The van der Waals surface area contributed by atoms with Gasteiger partial charge in [-0.1, -0.05) is 12.1 Å². The van der Waals surface area contributed by atoms with Crippen molar-refractivity contribution in [2.75, 3.05) is 7.11 Å². The van der Waals surface area contributed by atoms with Gasteiger partial charge >= 0.3 is 5.97 Å². The molecule has 4 heteroatoms. The summed E-state index contributed by atoms with van der Waals surface area (Å²) in [5.74, 6) is -0.453. The average molecular weight is 262 g/mol. The molecule has 4 nitrogen and oxygen atoms in total. The predicted molar refractivity (Wildman–Crippen MR) is 70.4 cm³/mol. The van der Waals surface area contributed by atoms with Gasteiger partial charge in [-0.2, -0.15) is 0 Å². The van der Waals surface area contributed by atoms with Crippen molar-refractivity contribution in [1.82, 2.24) is 0 Å².